The first kappa shape index (κ1) is 19.6. The number of hydrogen-bond acceptors (Lipinski definition) is 5. The number of rotatable bonds is 6. The van der Waals surface area contributed by atoms with Crippen molar-refractivity contribution in [2.75, 3.05) is 0 Å². The Balaban J connectivity index is 1.38. The maximum atomic E-state index is 4.91. The standard InChI is InChI=1S/C24H27N7/c1-2-22-25-23(19-8-4-3-5-9-19)28-31(22)16-17-12-14-18(15-13-17)20-10-6-7-11-21(20)24-26-29-30-27-24/h6-7,10-15,19H,2-5,8-9,16H2,1H3,(H,26,27,29,30). The lowest BCUT2D eigenvalue weighted by atomic mass is 9.89. The van der Waals surface area contributed by atoms with Gasteiger partial charge in [0.15, 0.2) is 11.6 Å². The van der Waals surface area contributed by atoms with Gasteiger partial charge in [-0.1, -0.05) is 74.7 Å². The fourth-order valence-electron chi connectivity index (χ4n) is 4.49. The molecule has 0 bridgehead atoms. The second-order valence-electron chi connectivity index (χ2n) is 8.22. The Morgan fingerprint density at radius 3 is 2.45 bits per heavy atom. The normalized spacial score (nSPS) is 14.7. The lowest BCUT2D eigenvalue weighted by Gasteiger charge is -2.18. The Labute approximate surface area is 181 Å². The van der Waals surface area contributed by atoms with Crippen molar-refractivity contribution in [2.45, 2.75) is 57.9 Å². The van der Waals surface area contributed by atoms with E-state index in [1.165, 1.54) is 37.7 Å². The van der Waals surface area contributed by atoms with Gasteiger partial charge in [0, 0.05) is 17.9 Å². The summed E-state index contributed by atoms with van der Waals surface area (Å²) >= 11 is 0. The largest absolute Gasteiger partial charge is 0.245 e. The number of nitrogens with zero attached hydrogens (tertiary/aromatic N) is 6. The van der Waals surface area contributed by atoms with Gasteiger partial charge in [0.2, 0.25) is 0 Å². The number of tetrazole rings is 1. The Bertz CT molecular complexity index is 1120. The third-order valence-electron chi connectivity index (χ3n) is 6.18. The molecule has 5 rings (SSSR count). The van der Waals surface area contributed by atoms with Gasteiger partial charge in [0.05, 0.1) is 6.54 Å². The molecule has 0 amide bonds. The predicted octanol–water partition coefficient (Wildman–Crippen LogP) is 4.78. The van der Waals surface area contributed by atoms with Crippen molar-refractivity contribution in [1.29, 1.82) is 0 Å². The molecule has 0 saturated heterocycles. The zero-order valence-corrected chi connectivity index (χ0v) is 17.8. The van der Waals surface area contributed by atoms with Crippen LogP contribution in [-0.4, -0.2) is 35.4 Å². The van der Waals surface area contributed by atoms with E-state index in [1.54, 1.807) is 0 Å². The SMILES string of the molecule is CCc1nc(C2CCCCC2)nn1Cc1ccc(-c2ccccc2-c2nnn[nH]2)cc1. The fraction of sp³-hybridized carbons (Fsp3) is 0.375. The summed E-state index contributed by atoms with van der Waals surface area (Å²) in [7, 11) is 0. The van der Waals surface area contributed by atoms with Crippen molar-refractivity contribution in [3.05, 3.63) is 65.7 Å². The molecule has 1 N–H and O–H groups in total. The summed E-state index contributed by atoms with van der Waals surface area (Å²) in [5, 5.41) is 19.3. The molecule has 1 aliphatic rings. The average Bonchev–Trinajstić information content (AvgIpc) is 3.51. The maximum absolute atomic E-state index is 4.91. The fourth-order valence-corrected chi connectivity index (χ4v) is 4.49. The zero-order chi connectivity index (χ0) is 21.0. The van der Waals surface area contributed by atoms with Crippen LogP contribution < -0.4 is 0 Å². The predicted molar refractivity (Wildman–Crippen MR) is 119 cm³/mol. The first-order valence-corrected chi connectivity index (χ1v) is 11.2. The quantitative estimate of drug-likeness (QED) is 0.491. The van der Waals surface area contributed by atoms with E-state index in [2.05, 4.69) is 62.6 Å². The Morgan fingerprint density at radius 1 is 0.968 bits per heavy atom. The van der Waals surface area contributed by atoms with Crippen LogP contribution in [-0.2, 0) is 13.0 Å². The topological polar surface area (TPSA) is 85.2 Å². The molecule has 1 aliphatic carbocycles. The minimum Gasteiger partial charge on any atom is -0.245 e. The van der Waals surface area contributed by atoms with Crippen molar-refractivity contribution >= 4 is 0 Å². The lowest BCUT2D eigenvalue weighted by molar-refractivity contribution is 0.426. The van der Waals surface area contributed by atoms with Crippen molar-refractivity contribution in [2.24, 2.45) is 0 Å². The van der Waals surface area contributed by atoms with Crippen molar-refractivity contribution in [3.63, 3.8) is 0 Å². The summed E-state index contributed by atoms with van der Waals surface area (Å²) in [6, 6.07) is 16.8. The van der Waals surface area contributed by atoms with E-state index in [4.69, 9.17) is 10.1 Å². The van der Waals surface area contributed by atoms with Gasteiger partial charge < -0.3 is 0 Å². The molecule has 158 valence electrons. The summed E-state index contributed by atoms with van der Waals surface area (Å²) in [5.41, 5.74) is 4.44. The van der Waals surface area contributed by atoms with Crippen LogP contribution in [0.3, 0.4) is 0 Å². The summed E-state index contributed by atoms with van der Waals surface area (Å²) < 4.78 is 2.09. The molecule has 0 atom stereocenters. The maximum Gasteiger partial charge on any atom is 0.180 e. The second-order valence-corrected chi connectivity index (χ2v) is 8.22. The second kappa shape index (κ2) is 8.79. The monoisotopic (exact) mass is 413 g/mol. The third kappa shape index (κ3) is 4.13. The molecule has 0 aliphatic heterocycles. The number of benzene rings is 2. The Hall–Kier alpha value is -3.35. The van der Waals surface area contributed by atoms with Crippen LogP contribution in [0.2, 0.25) is 0 Å². The number of aromatic amines is 1. The molecule has 0 radical (unpaired) electrons. The molecular formula is C24H27N7. The van der Waals surface area contributed by atoms with E-state index >= 15 is 0 Å². The number of aryl methyl sites for hydroxylation is 1. The molecular weight excluding hydrogens is 386 g/mol. The molecule has 0 spiro atoms. The highest BCUT2D eigenvalue weighted by Crippen LogP contribution is 2.32. The molecule has 7 heteroatoms. The zero-order valence-electron chi connectivity index (χ0n) is 17.8. The molecule has 2 aromatic heterocycles. The van der Waals surface area contributed by atoms with E-state index in [0.29, 0.717) is 11.7 Å². The van der Waals surface area contributed by atoms with Crippen LogP contribution in [0.1, 0.15) is 62.2 Å². The van der Waals surface area contributed by atoms with E-state index in [-0.39, 0.29) is 0 Å². The minimum absolute atomic E-state index is 0.532. The van der Waals surface area contributed by atoms with Crippen LogP contribution in [0.25, 0.3) is 22.5 Å². The van der Waals surface area contributed by atoms with Crippen LogP contribution in [0.5, 0.6) is 0 Å². The van der Waals surface area contributed by atoms with Crippen LogP contribution >= 0.6 is 0 Å². The smallest absolute Gasteiger partial charge is 0.180 e. The molecule has 1 fully saturated rings. The molecule has 2 heterocycles. The van der Waals surface area contributed by atoms with Gasteiger partial charge in [-0.15, -0.1) is 5.10 Å². The molecule has 1 saturated carbocycles. The summed E-state index contributed by atoms with van der Waals surface area (Å²) in [6.07, 6.45) is 7.29. The highest BCUT2D eigenvalue weighted by Gasteiger charge is 2.21. The van der Waals surface area contributed by atoms with Crippen LogP contribution in [0, 0.1) is 0 Å². The van der Waals surface area contributed by atoms with Gasteiger partial charge in [-0.25, -0.2) is 14.8 Å². The number of aromatic nitrogens is 7. The minimum atomic E-state index is 0.532. The van der Waals surface area contributed by atoms with Gasteiger partial charge >= 0.3 is 0 Å². The van der Waals surface area contributed by atoms with Gasteiger partial charge in [-0.3, -0.25) is 0 Å². The first-order valence-electron chi connectivity index (χ1n) is 11.2. The van der Waals surface area contributed by atoms with Crippen molar-refractivity contribution < 1.29 is 0 Å². The number of nitrogens with one attached hydrogen (secondary N) is 1. The first-order chi connectivity index (χ1) is 15.3. The van der Waals surface area contributed by atoms with Gasteiger partial charge in [0.1, 0.15) is 5.82 Å². The molecule has 31 heavy (non-hydrogen) atoms. The van der Waals surface area contributed by atoms with Gasteiger partial charge in [0.25, 0.3) is 0 Å². The third-order valence-corrected chi connectivity index (χ3v) is 6.18. The number of hydrogen-bond donors (Lipinski definition) is 1. The van der Waals surface area contributed by atoms with Gasteiger partial charge in [-0.2, -0.15) is 5.10 Å². The molecule has 0 unspecified atom stereocenters. The Morgan fingerprint density at radius 2 is 1.74 bits per heavy atom. The highest BCUT2D eigenvalue weighted by molar-refractivity contribution is 5.80. The molecule has 4 aromatic rings. The lowest BCUT2D eigenvalue weighted by Crippen LogP contribution is -2.08. The van der Waals surface area contributed by atoms with E-state index in [9.17, 15) is 0 Å². The van der Waals surface area contributed by atoms with Crippen LogP contribution in [0.15, 0.2) is 48.5 Å². The van der Waals surface area contributed by atoms with Crippen molar-refractivity contribution in [3.8, 4) is 22.5 Å². The Kier molecular flexibility index (Phi) is 5.56. The van der Waals surface area contributed by atoms with Crippen LogP contribution in [0.4, 0.5) is 0 Å². The van der Waals surface area contributed by atoms with E-state index < -0.39 is 0 Å². The molecule has 7 nitrogen and oxygen atoms in total. The summed E-state index contributed by atoms with van der Waals surface area (Å²) in [4.78, 5) is 4.88. The molecule has 2 aromatic carbocycles. The number of H-pyrrole nitrogens is 1. The van der Waals surface area contributed by atoms with E-state index in [1.807, 2.05) is 18.2 Å². The van der Waals surface area contributed by atoms with Crippen molar-refractivity contribution in [1.82, 2.24) is 35.4 Å². The van der Waals surface area contributed by atoms with E-state index in [0.717, 1.165) is 41.3 Å². The summed E-state index contributed by atoms with van der Waals surface area (Å²) in [6.45, 7) is 2.90. The van der Waals surface area contributed by atoms with Gasteiger partial charge in [-0.05, 0) is 40.0 Å². The highest BCUT2D eigenvalue weighted by atomic mass is 15.5. The summed E-state index contributed by atoms with van der Waals surface area (Å²) in [5.74, 6) is 3.32. The average molecular weight is 414 g/mol.